The third kappa shape index (κ3) is 12.1. The molecule has 0 bridgehead atoms. The maximum absolute atomic E-state index is 11.5. The van der Waals surface area contributed by atoms with Crippen LogP contribution in [0.15, 0.2) is 0 Å². The van der Waals surface area contributed by atoms with Crippen LogP contribution in [0.5, 0.6) is 0 Å². The monoisotopic (exact) mass is 294 g/mol. The summed E-state index contributed by atoms with van der Waals surface area (Å²) < 4.78 is 30.1. The van der Waals surface area contributed by atoms with Gasteiger partial charge in [0.05, 0.1) is 18.9 Å². The summed E-state index contributed by atoms with van der Waals surface area (Å²) in [7, 11) is -3.43. The van der Waals surface area contributed by atoms with Crippen molar-refractivity contribution < 1.29 is 17.9 Å². The van der Waals surface area contributed by atoms with E-state index in [1.807, 2.05) is 0 Å². The van der Waals surface area contributed by atoms with Crippen LogP contribution in [0.1, 0.15) is 33.6 Å². The normalized spacial score (nSPS) is 11.8. The zero-order chi connectivity index (χ0) is 14.7. The van der Waals surface area contributed by atoms with E-state index in [0.717, 1.165) is 12.8 Å². The van der Waals surface area contributed by atoms with Gasteiger partial charge in [0.2, 0.25) is 15.9 Å². The molecule has 0 aromatic carbocycles. The average molecular weight is 294 g/mol. The standard InChI is InChI=1S/C12H26N2O4S/c1-4-18-8-9-19(16,17)14-10-12(15)13-7-5-6-11(2)3/h11,14H,4-10H2,1-3H3,(H,13,15). The molecule has 0 aromatic heterocycles. The molecule has 0 radical (unpaired) electrons. The van der Waals surface area contributed by atoms with Crippen molar-refractivity contribution in [2.45, 2.75) is 33.6 Å². The van der Waals surface area contributed by atoms with Crippen molar-refractivity contribution in [2.24, 2.45) is 5.92 Å². The highest BCUT2D eigenvalue weighted by Gasteiger charge is 2.11. The molecule has 0 heterocycles. The van der Waals surface area contributed by atoms with Gasteiger partial charge in [-0.3, -0.25) is 4.79 Å². The van der Waals surface area contributed by atoms with E-state index >= 15 is 0 Å². The van der Waals surface area contributed by atoms with Gasteiger partial charge in [-0.25, -0.2) is 13.1 Å². The van der Waals surface area contributed by atoms with E-state index in [1.54, 1.807) is 6.92 Å². The molecule has 0 fully saturated rings. The molecule has 6 nitrogen and oxygen atoms in total. The second-order valence-corrected chi connectivity index (χ2v) is 6.65. The molecule has 2 N–H and O–H groups in total. The SMILES string of the molecule is CCOCCS(=O)(=O)NCC(=O)NCCCC(C)C. The van der Waals surface area contributed by atoms with Gasteiger partial charge in [-0.1, -0.05) is 13.8 Å². The predicted octanol–water partition coefficient (Wildman–Crippen LogP) is 0.495. The molecule has 0 saturated heterocycles. The van der Waals surface area contributed by atoms with Crippen LogP contribution in [-0.2, 0) is 19.6 Å². The Labute approximate surface area is 116 Å². The van der Waals surface area contributed by atoms with Gasteiger partial charge in [0, 0.05) is 13.2 Å². The summed E-state index contributed by atoms with van der Waals surface area (Å²) in [6.45, 7) is 7.02. The van der Waals surface area contributed by atoms with Crippen LogP contribution in [-0.4, -0.2) is 46.4 Å². The Hall–Kier alpha value is -0.660. The second kappa shape index (κ2) is 10.2. The minimum absolute atomic E-state index is 0.124. The predicted molar refractivity (Wildman–Crippen MR) is 75.4 cm³/mol. The number of hydrogen-bond donors (Lipinski definition) is 2. The average Bonchev–Trinajstić information content (AvgIpc) is 2.32. The smallest absolute Gasteiger partial charge is 0.235 e. The first-order valence-electron chi connectivity index (χ1n) is 6.69. The molecule has 7 heteroatoms. The Bertz CT molecular complexity index is 342. The minimum Gasteiger partial charge on any atom is -0.381 e. The van der Waals surface area contributed by atoms with E-state index in [1.165, 1.54) is 0 Å². The van der Waals surface area contributed by atoms with E-state index in [2.05, 4.69) is 23.9 Å². The molecular weight excluding hydrogens is 268 g/mol. The van der Waals surface area contributed by atoms with E-state index < -0.39 is 10.0 Å². The highest BCUT2D eigenvalue weighted by Crippen LogP contribution is 2.01. The summed E-state index contributed by atoms with van der Waals surface area (Å²) in [5, 5.41) is 2.68. The summed E-state index contributed by atoms with van der Waals surface area (Å²) in [5.41, 5.74) is 0. The number of rotatable bonds is 11. The lowest BCUT2D eigenvalue weighted by atomic mass is 10.1. The molecule has 0 rings (SSSR count). The van der Waals surface area contributed by atoms with E-state index in [-0.39, 0.29) is 24.8 Å². The Morgan fingerprint density at radius 2 is 2.00 bits per heavy atom. The Kier molecular flexibility index (Phi) is 9.81. The van der Waals surface area contributed by atoms with E-state index in [9.17, 15) is 13.2 Å². The largest absolute Gasteiger partial charge is 0.381 e. The summed E-state index contributed by atoms with van der Waals surface area (Å²) in [4.78, 5) is 11.4. The molecule has 0 unspecified atom stereocenters. The van der Waals surface area contributed by atoms with Crippen LogP contribution in [0.3, 0.4) is 0 Å². The van der Waals surface area contributed by atoms with Crippen molar-refractivity contribution in [1.29, 1.82) is 0 Å². The summed E-state index contributed by atoms with van der Waals surface area (Å²) >= 11 is 0. The number of carbonyl (C=O) groups is 1. The molecule has 0 aliphatic carbocycles. The molecule has 0 atom stereocenters. The number of nitrogens with one attached hydrogen (secondary N) is 2. The first kappa shape index (κ1) is 18.3. The van der Waals surface area contributed by atoms with Crippen LogP contribution in [0.25, 0.3) is 0 Å². The molecular formula is C12H26N2O4S. The van der Waals surface area contributed by atoms with Gasteiger partial charge in [-0.2, -0.15) is 0 Å². The van der Waals surface area contributed by atoms with Crippen molar-refractivity contribution in [3.05, 3.63) is 0 Å². The van der Waals surface area contributed by atoms with Crippen LogP contribution in [0, 0.1) is 5.92 Å². The molecule has 0 aromatic rings. The molecule has 1 amide bonds. The number of ether oxygens (including phenoxy) is 1. The minimum atomic E-state index is -3.43. The van der Waals surface area contributed by atoms with Crippen LogP contribution in [0.4, 0.5) is 0 Å². The first-order chi connectivity index (χ1) is 8.87. The third-order valence-corrected chi connectivity index (χ3v) is 3.72. The van der Waals surface area contributed by atoms with Gasteiger partial charge in [-0.05, 0) is 25.7 Å². The van der Waals surface area contributed by atoms with Crippen molar-refractivity contribution in [2.75, 3.05) is 32.1 Å². The fraction of sp³-hybridized carbons (Fsp3) is 0.917. The fourth-order valence-corrected chi connectivity index (χ4v) is 2.19. The quantitative estimate of drug-likeness (QED) is 0.543. The highest BCUT2D eigenvalue weighted by atomic mass is 32.2. The zero-order valence-electron chi connectivity index (χ0n) is 12.1. The van der Waals surface area contributed by atoms with Gasteiger partial charge in [-0.15, -0.1) is 0 Å². The van der Waals surface area contributed by atoms with Gasteiger partial charge < -0.3 is 10.1 Å². The van der Waals surface area contributed by atoms with Gasteiger partial charge in [0.15, 0.2) is 0 Å². The van der Waals surface area contributed by atoms with E-state index in [4.69, 9.17) is 4.74 Å². The van der Waals surface area contributed by atoms with Crippen molar-refractivity contribution in [1.82, 2.24) is 10.0 Å². The maximum atomic E-state index is 11.5. The number of sulfonamides is 1. The van der Waals surface area contributed by atoms with Crippen molar-refractivity contribution >= 4 is 15.9 Å². The zero-order valence-corrected chi connectivity index (χ0v) is 12.9. The Morgan fingerprint density at radius 3 is 2.58 bits per heavy atom. The molecule has 0 spiro atoms. The maximum Gasteiger partial charge on any atom is 0.235 e. The number of amides is 1. The van der Waals surface area contributed by atoms with Crippen molar-refractivity contribution in [3.8, 4) is 0 Å². The second-order valence-electron chi connectivity index (χ2n) is 4.72. The molecule has 0 saturated carbocycles. The Balaban J connectivity index is 3.71. The van der Waals surface area contributed by atoms with Crippen LogP contribution in [0.2, 0.25) is 0 Å². The summed E-state index contributed by atoms with van der Waals surface area (Å²) in [6, 6.07) is 0. The topological polar surface area (TPSA) is 84.5 Å². The summed E-state index contributed by atoms with van der Waals surface area (Å²) in [5.74, 6) is 0.180. The molecule has 0 aliphatic heterocycles. The Morgan fingerprint density at radius 1 is 1.32 bits per heavy atom. The van der Waals surface area contributed by atoms with Gasteiger partial charge in [0.25, 0.3) is 0 Å². The number of carbonyl (C=O) groups excluding carboxylic acids is 1. The molecule has 19 heavy (non-hydrogen) atoms. The first-order valence-corrected chi connectivity index (χ1v) is 8.34. The highest BCUT2D eigenvalue weighted by molar-refractivity contribution is 7.89. The number of hydrogen-bond acceptors (Lipinski definition) is 4. The third-order valence-electron chi connectivity index (χ3n) is 2.43. The van der Waals surface area contributed by atoms with Crippen LogP contribution < -0.4 is 10.0 Å². The van der Waals surface area contributed by atoms with Crippen molar-refractivity contribution in [3.63, 3.8) is 0 Å². The molecule has 0 aliphatic rings. The van der Waals surface area contributed by atoms with E-state index in [0.29, 0.717) is 19.1 Å². The van der Waals surface area contributed by atoms with Gasteiger partial charge >= 0.3 is 0 Å². The lowest BCUT2D eigenvalue weighted by Crippen LogP contribution is -2.38. The molecule has 114 valence electrons. The lowest BCUT2D eigenvalue weighted by Gasteiger charge is -2.08. The van der Waals surface area contributed by atoms with Crippen LogP contribution >= 0.6 is 0 Å². The van der Waals surface area contributed by atoms with Gasteiger partial charge in [0.1, 0.15) is 0 Å². The fourth-order valence-electron chi connectivity index (χ4n) is 1.36. The summed E-state index contributed by atoms with van der Waals surface area (Å²) in [6.07, 6.45) is 1.95. The lowest BCUT2D eigenvalue weighted by molar-refractivity contribution is -0.119.